The molecule has 0 aliphatic heterocycles. The van der Waals surface area contributed by atoms with Gasteiger partial charge in [-0.05, 0) is 38.8 Å². The summed E-state index contributed by atoms with van der Waals surface area (Å²) in [6.07, 6.45) is 7.04. The Morgan fingerprint density at radius 3 is 1.69 bits per heavy atom. The number of rotatable bonds is 6. The van der Waals surface area contributed by atoms with Gasteiger partial charge in [-0.25, -0.2) is 0 Å². The first-order valence-corrected chi connectivity index (χ1v) is 4.44. The number of ether oxygens (including phenoxy) is 1. The second-order valence-corrected chi connectivity index (χ2v) is 3.05. The Balaban J connectivity index is 3.33. The van der Waals surface area contributed by atoms with E-state index in [1.54, 1.807) is 26.0 Å². The topological polar surface area (TPSA) is 49.7 Å². The normalized spacial score (nSPS) is 16.6. The van der Waals surface area contributed by atoms with Crippen molar-refractivity contribution >= 4 is 0 Å². The van der Waals surface area contributed by atoms with Crippen LogP contribution in [-0.4, -0.2) is 22.4 Å². The first-order chi connectivity index (χ1) is 6.13. The molecule has 0 saturated carbocycles. The highest BCUT2D eigenvalue weighted by molar-refractivity contribution is 4.81. The zero-order valence-corrected chi connectivity index (χ0v) is 8.18. The molecule has 13 heavy (non-hydrogen) atoms. The maximum Gasteiger partial charge on any atom is 0.0862 e. The fourth-order valence-electron chi connectivity index (χ4n) is 0.661. The Morgan fingerprint density at radius 2 is 1.38 bits per heavy atom. The Bertz CT molecular complexity index is 142. The van der Waals surface area contributed by atoms with Gasteiger partial charge in [-0.15, -0.1) is 0 Å². The SMILES string of the molecule is CC(O)CC=COC=CCC(C)O. The molecular formula is C10H18O3. The standard InChI is InChI=1S/C10H18O3/c1-9(11)5-3-7-13-8-4-6-10(2)12/h3-4,7-12H,5-6H2,1-2H3. The van der Waals surface area contributed by atoms with Gasteiger partial charge in [0, 0.05) is 0 Å². The van der Waals surface area contributed by atoms with Crippen molar-refractivity contribution in [3.8, 4) is 0 Å². The van der Waals surface area contributed by atoms with Crippen LogP contribution >= 0.6 is 0 Å². The van der Waals surface area contributed by atoms with Gasteiger partial charge in [-0.2, -0.15) is 0 Å². The van der Waals surface area contributed by atoms with Crippen LogP contribution < -0.4 is 0 Å². The van der Waals surface area contributed by atoms with Crippen LogP contribution in [0.5, 0.6) is 0 Å². The lowest BCUT2D eigenvalue weighted by Gasteiger charge is -1.97. The Labute approximate surface area is 79.3 Å². The molecule has 0 bridgehead atoms. The maximum absolute atomic E-state index is 8.87. The molecule has 2 atom stereocenters. The van der Waals surface area contributed by atoms with Crippen molar-refractivity contribution < 1.29 is 14.9 Å². The molecule has 0 saturated heterocycles. The zero-order chi connectivity index (χ0) is 10.1. The van der Waals surface area contributed by atoms with E-state index in [0.29, 0.717) is 12.8 Å². The number of hydrogen-bond acceptors (Lipinski definition) is 3. The van der Waals surface area contributed by atoms with Crippen LogP contribution in [0.3, 0.4) is 0 Å². The third-order valence-corrected chi connectivity index (χ3v) is 1.30. The second-order valence-electron chi connectivity index (χ2n) is 3.05. The monoisotopic (exact) mass is 186 g/mol. The minimum absolute atomic E-state index is 0.332. The van der Waals surface area contributed by atoms with Crippen molar-refractivity contribution in [1.82, 2.24) is 0 Å². The largest absolute Gasteiger partial charge is 0.473 e. The van der Waals surface area contributed by atoms with Crippen LogP contribution in [-0.2, 0) is 4.74 Å². The van der Waals surface area contributed by atoms with E-state index >= 15 is 0 Å². The van der Waals surface area contributed by atoms with Crippen molar-refractivity contribution in [2.45, 2.75) is 38.9 Å². The summed E-state index contributed by atoms with van der Waals surface area (Å²) in [5.41, 5.74) is 0. The summed E-state index contributed by atoms with van der Waals surface area (Å²) in [6.45, 7) is 3.43. The minimum atomic E-state index is -0.332. The molecule has 3 nitrogen and oxygen atoms in total. The molecule has 0 heterocycles. The molecule has 2 N–H and O–H groups in total. The molecule has 2 unspecified atom stereocenters. The maximum atomic E-state index is 8.87. The number of hydrogen-bond donors (Lipinski definition) is 2. The lowest BCUT2D eigenvalue weighted by Crippen LogP contribution is -1.95. The van der Waals surface area contributed by atoms with E-state index in [1.807, 2.05) is 0 Å². The van der Waals surface area contributed by atoms with Gasteiger partial charge < -0.3 is 14.9 Å². The molecule has 0 amide bonds. The Kier molecular flexibility index (Phi) is 7.35. The van der Waals surface area contributed by atoms with Gasteiger partial charge in [-0.3, -0.25) is 0 Å². The average molecular weight is 186 g/mol. The van der Waals surface area contributed by atoms with Gasteiger partial charge in [-0.1, -0.05) is 0 Å². The quantitative estimate of drug-likeness (QED) is 0.619. The van der Waals surface area contributed by atoms with E-state index in [9.17, 15) is 0 Å². The van der Waals surface area contributed by atoms with Crippen molar-refractivity contribution in [2.24, 2.45) is 0 Å². The molecule has 0 aromatic rings. The first kappa shape index (κ1) is 12.2. The number of aliphatic hydroxyl groups is 2. The summed E-state index contributed by atoms with van der Waals surface area (Å²) in [5, 5.41) is 17.7. The average Bonchev–Trinajstić information content (AvgIpc) is 2.01. The second kappa shape index (κ2) is 7.83. The molecule has 0 aliphatic carbocycles. The van der Waals surface area contributed by atoms with E-state index in [2.05, 4.69) is 0 Å². The van der Waals surface area contributed by atoms with Gasteiger partial charge in [0.2, 0.25) is 0 Å². The van der Waals surface area contributed by atoms with Crippen LogP contribution in [0.4, 0.5) is 0 Å². The molecule has 0 fully saturated rings. The van der Waals surface area contributed by atoms with Crippen LogP contribution in [0.1, 0.15) is 26.7 Å². The van der Waals surface area contributed by atoms with Crippen LogP contribution in [0.25, 0.3) is 0 Å². The highest BCUT2D eigenvalue weighted by Crippen LogP contribution is 1.94. The van der Waals surface area contributed by atoms with Crippen LogP contribution in [0.15, 0.2) is 24.7 Å². The van der Waals surface area contributed by atoms with Gasteiger partial charge in [0.25, 0.3) is 0 Å². The highest BCUT2D eigenvalue weighted by Gasteiger charge is 1.89. The highest BCUT2D eigenvalue weighted by atomic mass is 16.5. The lowest BCUT2D eigenvalue weighted by atomic mass is 10.3. The van der Waals surface area contributed by atoms with Crippen molar-refractivity contribution in [2.75, 3.05) is 0 Å². The number of aliphatic hydroxyl groups excluding tert-OH is 2. The molecule has 3 heteroatoms. The predicted molar refractivity (Wildman–Crippen MR) is 52.0 cm³/mol. The zero-order valence-electron chi connectivity index (χ0n) is 8.18. The summed E-state index contributed by atoms with van der Waals surface area (Å²) in [6, 6.07) is 0. The summed E-state index contributed by atoms with van der Waals surface area (Å²) in [7, 11) is 0. The third kappa shape index (κ3) is 11.2. The minimum Gasteiger partial charge on any atom is -0.473 e. The lowest BCUT2D eigenvalue weighted by molar-refractivity contribution is 0.197. The fourth-order valence-corrected chi connectivity index (χ4v) is 0.661. The van der Waals surface area contributed by atoms with E-state index in [0.717, 1.165) is 0 Å². The van der Waals surface area contributed by atoms with Crippen molar-refractivity contribution in [3.63, 3.8) is 0 Å². The summed E-state index contributed by atoms with van der Waals surface area (Å²) >= 11 is 0. The van der Waals surface area contributed by atoms with Gasteiger partial charge in [0.1, 0.15) is 0 Å². The van der Waals surface area contributed by atoms with Crippen LogP contribution in [0, 0.1) is 0 Å². The molecule has 0 rings (SSSR count). The smallest absolute Gasteiger partial charge is 0.0862 e. The van der Waals surface area contributed by atoms with E-state index in [4.69, 9.17) is 14.9 Å². The molecular weight excluding hydrogens is 168 g/mol. The van der Waals surface area contributed by atoms with Crippen molar-refractivity contribution in [3.05, 3.63) is 24.7 Å². The van der Waals surface area contributed by atoms with E-state index in [-0.39, 0.29) is 12.2 Å². The van der Waals surface area contributed by atoms with Crippen molar-refractivity contribution in [1.29, 1.82) is 0 Å². The predicted octanol–water partition coefficient (Wildman–Crippen LogP) is 1.57. The Hall–Kier alpha value is -0.800. The van der Waals surface area contributed by atoms with E-state index < -0.39 is 0 Å². The van der Waals surface area contributed by atoms with E-state index in [1.165, 1.54) is 12.5 Å². The summed E-state index contributed by atoms with van der Waals surface area (Å²) in [5.74, 6) is 0. The Morgan fingerprint density at radius 1 is 1.00 bits per heavy atom. The molecule has 0 radical (unpaired) electrons. The third-order valence-electron chi connectivity index (χ3n) is 1.30. The summed E-state index contributed by atoms with van der Waals surface area (Å²) < 4.78 is 4.95. The molecule has 0 spiro atoms. The first-order valence-electron chi connectivity index (χ1n) is 4.44. The molecule has 76 valence electrons. The van der Waals surface area contributed by atoms with Gasteiger partial charge in [0.15, 0.2) is 0 Å². The summed E-state index contributed by atoms with van der Waals surface area (Å²) in [4.78, 5) is 0. The molecule has 0 aromatic carbocycles. The molecule has 0 aliphatic rings. The van der Waals surface area contributed by atoms with Crippen LogP contribution in [0.2, 0.25) is 0 Å². The van der Waals surface area contributed by atoms with Gasteiger partial charge in [0.05, 0.1) is 24.7 Å². The fraction of sp³-hybridized carbons (Fsp3) is 0.600. The van der Waals surface area contributed by atoms with Gasteiger partial charge >= 0.3 is 0 Å². The molecule has 0 aromatic heterocycles.